The summed E-state index contributed by atoms with van der Waals surface area (Å²) < 4.78 is 16.8. The molecule has 10 heteroatoms. The van der Waals surface area contributed by atoms with Gasteiger partial charge in [-0.25, -0.2) is 0 Å². The average molecular weight is 542 g/mol. The smallest absolute Gasteiger partial charge is 0.331 e. The molecule has 4 aromatic carbocycles. The summed E-state index contributed by atoms with van der Waals surface area (Å²) in [6.45, 7) is 0. The predicted octanol–water partition coefficient (Wildman–Crippen LogP) is 4.44. The minimum Gasteiger partial charge on any atom is -0.508 e. The fraction of sp³-hybridized carbons (Fsp3) is 0.100. The van der Waals surface area contributed by atoms with Gasteiger partial charge in [0.25, 0.3) is 0 Å². The molecule has 0 unspecified atom stereocenters. The third-order valence-electron chi connectivity index (χ3n) is 7.06. The van der Waals surface area contributed by atoms with Crippen LogP contribution in [-0.2, 0) is 10.2 Å². The van der Waals surface area contributed by atoms with Gasteiger partial charge in [0, 0.05) is 23.8 Å². The largest absolute Gasteiger partial charge is 0.508 e. The van der Waals surface area contributed by atoms with Gasteiger partial charge in [-0.1, -0.05) is 24.3 Å². The van der Waals surface area contributed by atoms with Gasteiger partial charge in [-0.05, 0) is 47.0 Å². The molecule has 2 atom stereocenters. The highest BCUT2D eigenvalue weighted by molar-refractivity contribution is 6.00. The highest BCUT2D eigenvalue weighted by atomic mass is 16.6. The first-order chi connectivity index (χ1) is 19.1. The maximum absolute atomic E-state index is 13.9. The van der Waals surface area contributed by atoms with Crippen molar-refractivity contribution in [1.29, 1.82) is 0 Å². The lowest BCUT2D eigenvalue weighted by atomic mass is 9.68. The molecule has 2 heterocycles. The predicted molar refractivity (Wildman–Crippen MR) is 141 cm³/mol. The van der Waals surface area contributed by atoms with Crippen LogP contribution in [0.1, 0.15) is 33.9 Å². The lowest BCUT2D eigenvalue weighted by molar-refractivity contribution is -0.139. The second-order valence-electron chi connectivity index (χ2n) is 9.46. The van der Waals surface area contributed by atoms with Crippen LogP contribution in [0.5, 0.6) is 51.7 Å². The van der Waals surface area contributed by atoms with E-state index >= 15 is 0 Å². The molecule has 2 aliphatic heterocycles. The van der Waals surface area contributed by atoms with E-state index < -0.39 is 23.2 Å². The molecule has 10 nitrogen and oxygen atoms in total. The molecule has 0 amide bonds. The molecule has 0 aromatic heterocycles. The SMILES string of the molecule is COc1c(O)cc(C=Cc2cc(O)cc3c2[C@]2(C(=O)O3)c3c(O)cc(O)cc3O[C@@H]2c2ccc(O)cc2)cc1O. The van der Waals surface area contributed by atoms with Crippen LogP contribution in [0.3, 0.4) is 0 Å². The van der Waals surface area contributed by atoms with Crippen molar-refractivity contribution in [2.75, 3.05) is 7.11 Å². The fourth-order valence-corrected chi connectivity index (χ4v) is 5.50. The Labute approximate surface area is 226 Å². The van der Waals surface area contributed by atoms with Crippen molar-refractivity contribution < 1.29 is 49.6 Å². The molecule has 0 bridgehead atoms. The summed E-state index contributed by atoms with van der Waals surface area (Å²) in [6.07, 6.45) is 1.98. The third-order valence-corrected chi connectivity index (χ3v) is 7.06. The van der Waals surface area contributed by atoms with E-state index in [-0.39, 0.29) is 57.1 Å². The van der Waals surface area contributed by atoms with Gasteiger partial charge >= 0.3 is 5.97 Å². The van der Waals surface area contributed by atoms with Crippen molar-refractivity contribution in [2.45, 2.75) is 11.5 Å². The average Bonchev–Trinajstić information content (AvgIpc) is 3.37. The Balaban J connectivity index is 1.61. The number of esters is 1. The van der Waals surface area contributed by atoms with Gasteiger partial charge in [0.05, 0.1) is 12.7 Å². The number of carbonyl (C=O) groups excluding carboxylic acids is 1. The van der Waals surface area contributed by atoms with Crippen LogP contribution >= 0.6 is 0 Å². The minimum atomic E-state index is -1.78. The number of carbonyl (C=O) groups is 1. The lowest BCUT2D eigenvalue weighted by Gasteiger charge is -2.29. The molecule has 6 rings (SSSR count). The third kappa shape index (κ3) is 3.53. The Hall–Kier alpha value is -5.51. The van der Waals surface area contributed by atoms with Crippen LogP contribution in [0, 0.1) is 0 Å². The second-order valence-corrected chi connectivity index (χ2v) is 9.46. The topological polar surface area (TPSA) is 166 Å². The summed E-state index contributed by atoms with van der Waals surface area (Å²) >= 11 is 0. The van der Waals surface area contributed by atoms with Gasteiger partial charge in [0.15, 0.2) is 16.9 Å². The summed E-state index contributed by atoms with van der Waals surface area (Å²) in [5.41, 5.74) is -0.303. The van der Waals surface area contributed by atoms with Crippen molar-refractivity contribution >= 4 is 18.1 Å². The van der Waals surface area contributed by atoms with Gasteiger partial charge < -0.3 is 44.8 Å². The van der Waals surface area contributed by atoms with Crippen molar-refractivity contribution in [1.82, 2.24) is 0 Å². The number of rotatable bonds is 4. The lowest BCUT2D eigenvalue weighted by Crippen LogP contribution is -2.40. The molecular formula is C30H22O10. The van der Waals surface area contributed by atoms with E-state index in [1.807, 2.05) is 0 Å². The number of hydrogen-bond acceptors (Lipinski definition) is 10. The zero-order chi connectivity index (χ0) is 28.3. The van der Waals surface area contributed by atoms with Crippen molar-refractivity contribution in [3.8, 4) is 51.7 Å². The zero-order valence-electron chi connectivity index (χ0n) is 20.8. The van der Waals surface area contributed by atoms with E-state index in [2.05, 4.69) is 0 Å². The molecule has 0 radical (unpaired) electrons. The quantitative estimate of drug-likeness (QED) is 0.123. The zero-order valence-corrected chi connectivity index (χ0v) is 20.8. The molecular weight excluding hydrogens is 520 g/mol. The standard InChI is InChI=1S/C30H22O10/c1-38-27-21(35)8-14(9-22(27)36)2-3-16-10-18(32)12-23-25(16)30(29(37)40-23)26-20(34)11-19(33)13-24(26)39-28(30)15-4-6-17(31)7-5-15/h2-13,28,31-36H,1H3/t28-,30+/m1/s1. The number of fused-ring (bicyclic) bond motifs is 4. The number of aromatic hydroxyl groups is 6. The van der Waals surface area contributed by atoms with Crippen LogP contribution in [0.2, 0.25) is 0 Å². The van der Waals surface area contributed by atoms with E-state index in [9.17, 15) is 35.4 Å². The van der Waals surface area contributed by atoms with Gasteiger partial charge in [-0.3, -0.25) is 4.79 Å². The first-order valence-corrected chi connectivity index (χ1v) is 12.0. The normalized spacial score (nSPS) is 18.9. The van der Waals surface area contributed by atoms with Crippen LogP contribution in [0.4, 0.5) is 0 Å². The van der Waals surface area contributed by atoms with E-state index in [0.717, 1.165) is 6.07 Å². The Morgan fingerprint density at radius 2 is 1.40 bits per heavy atom. The number of methoxy groups -OCH3 is 1. The molecule has 1 spiro atoms. The van der Waals surface area contributed by atoms with Crippen LogP contribution in [-0.4, -0.2) is 43.7 Å². The number of phenolic OH excluding ortho intramolecular Hbond substituents is 6. The van der Waals surface area contributed by atoms with E-state index in [1.165, 1.54) is 55.7 Å². The fourth-order valence-electron chi connectivity index (χ4n) is 5.50. The van der Waals surface area contributed by atoms with Crippen LogP contribution in [0.25, 0.3) is 12.2 Å². The van der Waals surface area contributed by atoms with Crippen molar-refractivity contribution in [2.24, 2.45) is 0 Å². The van der Waals surface area contributed by atoms with Gasteiger partial charge in [0.1, 0.15) is 40.6 Å². The first-order valence-electron chi connectivity index (χ1n) is 12.0. The highest BCUT2D eigenvalue weighted by Gasteiger charge is 2.64. The van der Waals surface area contributed by atoms with Crippen LogP contribution < -0.4 is 14.2 Å². The minimum absolute atomic E-state index is 0.0113. The summed E-state index contributed by atoms with van der Waals surface area (Å²) in [6, 6.07) is 13.7. The number of phenols is 6. The van der Waals surface area contributed by atoms with Gasteiger partial charge in [-0.15, -0.1) is 0 Å². The Morgan fingerprint density at radius 1 is 0.750 bits per heavy atom. The van der Waals surface area contributed by atoms with Crippen molar-refractivity contribution in [3.63, 3.8) is 0 Å². The molecule has 40 heavy (non-hydrogen) atoms. The molecule has 0 fully saturated rings. The highest BCUT2D eigenvalue weighted by Crippen LogP contribution is 2.63. The second kappa shape index (κ2) is 8.77. The molecule has 0 saturated heterocycles. The Bertz CT molecular complexity index is 1700. The molecule has 4 aromatic rings. The molecule has 2 aliphatic rings. The first kappa shape index (κ1) is 24.8. The van der Waals surface area contributed by atoms with E-state index in [1.54, 1.807) is 18.2 Å². The summed E-state index contributed by atoms with van der Waals surface area (Å²) in [5.74, 6) is -2.32. The van der Waals surface area contributed by atoms with E-state index in [4.69, 9.17) is 14.2 Å². The molecule has 6 N–H and O–H groups in total. The van der Waals surface area contributed by atoms with Crippen LogP contribution in [0.15, 0.2) is 60.7 Å². The maximum Gasteiger partial charge on any atom is 0.331 e. The molecule has 0 saturated carbocycles. The molecule has 202 valence electrons. The Morgan fingerprint density at radius 3 is 2.08 bits per heavy atom. The Kier molecular flexibility index (Phi) is 5.44. The monoisotopic (exact) mass is 542 g/mol. The molecule has 0 aliphatic carbocycles. The van der Waals surface area contributed by atoms with Gasteiger partial charge in [0.2, 0.25) is 5.75 Å². The summed E-state index contributed by atoms with van der Waals surface area (Å²) in [7, 11) is 1.30. The number of hydrogen-bond donors (Lipinski definition) is 6. The van der Waals surface area contributed by atoms with E-state index in [0.29, 0.717) is 16.7 Å². The van der Waals surface area contributed by atoms with Gasteiger partial charge in [-0.2, -0.15) is 0 Å². The maximum atomic E-state index is 13.9. The number of benzene rings is 4. The number of ether oxygens (including phenoxy) is 3. The summed E-state index contributed by atoms with van der Waals surface area (Å²) in [5, 5.41) is 62.0. The summed E-state index contributed by atoms with van der Waals surface area (Å²) in [4.78, 5) is 13.9. The van der Waals surface area contributed by atoms with Crippen molar-refractivity contribution in [3.05, 3.63) is 88.5 Å².